The van der Waals surface area contributed by atoms with Gasteiger partial charge in [0.25, 0.3) is 5.91 Å². The number of hydrogen-bond acceptors (Lipinski definition) is 8. The first kappa shape index (κ1) is 26.1. The van der Waals surface area contributed by atoms with Crippen LogP contribution in [0.3, 0.4) is 0 Å². The molecular weight excluding hydrogens is 540 g/mol. The summed E-state index contributed by atoms with van der Waals surface area (Å²) in [5, 5.41) is 3.11. The van der Waals surface area contributed by atoms with Crippen LogP contribution in [0.25, 0.3) is 21.7 Å². The molecule has 0 atom stereocenters. The summed E-state index contributed by atoms with van der Waals surface area (Å²) in [6.07, 6.45) is 7.28. The number of morpholine rings is 1. The molecule has 5 heterocycles. The van der Waals surface area contributed by atoms with Crippen molar-refractivity contribution in [2.75, 3.05) is 44.7 Å². The van der Waals surface area contributed by atoms with E-state index in [2.05, 4.69) is 44.5 Å². The van der Waals surface area contributed by atoms with Gasteiger partial charge in [0.1, 0.15) is 0 Å². The molecular formula is C30H32N6O4S. The number of thiophene rings is 1. The number of nitrogens with zero attached hydrogens (tertiary/aromatic N) is 5. The van der Waals surface area contributed by atoms with Crippen LogP contribution in [0.15, 0.2) is 60.0 Å². The summed E-state index contributed by atoms with van der Waals surface area (Å²) in [6, 6.07) is 10.2. The number of hydrogen-bond donors (Lipinski definition) is 1. The number of anilines is 1. The second-order valence-corrected chi connectivity index (χ2v) is 12.4. The number of benzene rings is 1. The maximum atomic E-state index is 13.4. The van der Waals surface area contributed by atoms with Gasteiger partial charge in [0.2, 0.25) is 11.9 Å². The molecule has 3 fully saturated rings. The topological polar surface area (TPSA) is 106 Å². The maximum Gasteiger partial charge on any atom is 0.268 e. The van der Waals surface area contributed by atoms with Crippen LogP contribution in [0.1, 0.15) is 40.5 Å². The quantitative estimate of drug-likeness (QED) is 0.323. The smallest absolute Gasteiger partial charge is 0.268 e. The second kappa shape index (κ2) is 10.6. The van der Waals surface area contributed by atoms with Gasteiger partial charge >= 0.3 is 0 Å². The van der Waals surface area contributed by atoms with E-state index in [4.69, 9.17) is 14.1 Å². The highest BCUT2D eigenvalue weighted by Gasteiger charge is 2.50. The van der Waals surface area contributed by atoms with Gasteiger partial charge in [0, 0.05) is 38.8 Å². The molecule has 2 saturated heterocycles. The minimum atomic E-state index is -0.205. The molecule has 2 aliphatic heterocycles. The standard InChI is InChI=1S/C30H32N6O4S/c1-2-27(37)35-8-7-30(18-35)14-21(15-30)36-23-13-20(17-34-9-11-39-12-10-34)3-4-22(23)32-29(36)33-28(38)26-6-5-25(41-26)24-16-31-19-40-24/h2-6,13,16,19,21H,1,7-12,14-15,17-18H2,(H,32,33,38)/t21-,30-. The van der Waals surface area contributed by atoms with E-state index >= 15 is 0 Å². The van der Waals surface area contributed by atoms with E-state index in [1.165, 1.54) is 29.4 Å². The fraction of sp³-hybridized carbons (Fsp3) is 0.400. The number of amides is 2. The van der Waals surface area contributed by atoms with E-state index in [-0.39, 0.29) is 23.3 Å². The number of carbonyl (C=O) groups is 2. The molecule has 0 bridgehead atoms. The number of nitrogens with one attached hydrogen (secondary N) is 1. The number of rotatable bonds is 7. The number of oxazole rings is 1. The fourth-order valence-electron chi connectivity index (χ4n) is 6.51. The Kier molecular flexibility index (Phi) is 6.72. The lowest BCUT2D eigenvalue weighted by Gasteiger charge is -2.46. The minimum Gasteiger partial charge on any atom is -0.443 e. The van der Waals surface area contributed by atoms with Crippen LogP contribution in [-0.4, -0.2) is 75.5 Å². The molecule has 0 radical (unpaired) electrons. The van der Waals surface area contributed by atoms with Gasteiger partial charge in [0.15, 0.2) is 12.2 Å². The molecule has 212 valence electrons. The Morgan fingerprint density at radius 2 is 2.02 bits per heavy atom. The summed E-state index contributed by atoms with van der Waals surface area (Å²) in [4.78, 5) is 40.2. The van der Waals surface area contributed by atoms with E-state index in [1.807, 2.05) is 11.0 Å². The van der Waals surface area contributed by atoms with Gasteiger partial charge in [-0.3, -0.25) is 19.8 Å². The molecule has 41 heavy (non-hydrogen) atoms. The number of fused-ring (bicyclic) bond motifs is 1. The van der Waals surface area contributed by atoms with E-state index in [0.29, 0.717) is 16.6 Å². The van der Waals surface area contributed by atoms with Crippen LogP contribution in [-0.2, 0) is 16.1 Å². The molecule has 1 aromatic carbocycles. The molecule has 2 amide bonds. The normalized spacial score (nSPS) is 22.7. The molecule has 7 rings (SSSR count). The molecule has 1 N–H and O–H groups in total. The lowest BCUT2D eigenvalue weighted by molar-refractivity contribution is -0.125. The Morgan fingerprint density at radius 1 is 1.17 bits per heavy atom. The highest BCUT2D eigenvalue weighted by atomic mass is 32.1. The largest absolute Gasteiger partial charge is 0.443 e. The average Bonchev–Trinajstić information content (AvgIpc) is 3.77. The minimum absolute atomic E-state index is 0.000223. The molecule has 4 aromatic rings. The van der Waals surface area contributed by atoms with Crippen LogP contribution < -0.4 is 5.32 Å². The molecule has 11 heteroatoms. The Labute approximate surface area is 241 Å². The van der Waals surface area contributed by atoms with Crippen LogP contribution in [0.4, 0.5) is 5.95 Å². The third-order valence-corrected chi connectivity index (χ3v) is 9.72. The van der Waals surface area contributed by atoms with Gasteiger partial charge in [0.05, 0.1) is 40.2 Å². The summed E-state index contributed by atoms with van der Waals surface area (Å²) in [6.45, 7) is 9.37. The zero-order valence-electron chi connectivity index (χ0n) is 22.8. The first-order chi connectivity index (χ1) is 20.0. The Morgan fingerprint density at radius 3 is 2.80 bits per heavy atom. The SMILES string of the molecule is C=CC(=O)N1CC[C@]2(C1)C[C@H](n1c(NC(=O)c3ccc(-c4cnco4)s3)nc3ccc(CN4CCOCC4)cc31)C2. The lowest BCUT2D eigenvalue weighted by atomic mass is 9.64. The van der Waals surface area contributed by atoms with E-state index in [0.717, 1.165) is 81.1 Å². The molecule has 3 aliphatic rings. The fourth-order valence-corrected chi connectivity index (χ4v) is 7.37. The summed E-state index contributed by atoms with van der Waals surface area (Å²) < 4.78 is 13.1. The first-order valence-corrected chi connectivity index (χ1v) is 14.8. The summed E-state index contributed by atoms with van der Waals surface area (Å²) in [7, 11) is 0. The van der Waals surface area contributed by atoms with Crippen molar-refractivity contribution in [1.82, 2.24) is 24.3 Å². The second-order valence-electron chi connectivity index (χ2n) is 11.3. The van der Waals surface area contributed by atoms with E-state index in [1.54, 1.807) is 12.3 Å². The van der Waals surface area contributed by atoms with Gasteiger partial charge in [-0.2, -0.15) is 0 Å². The van der Waals surface area contributed by atoms with E-state index in [9.17, 15) is 9.59 Å². The zero-order valence-corrected chi connectivity index (χ0v) is 23.6. The maximum absolute atomic E-state index is 13.4. The van der Waals surface area contributed by atoms with Crippen LogP contribution in [0.5, 0.6) is 0 Å². The molecule has 10 nitrogen and oxygen atoms in total. The number of ether oxygens (including phenoxy) is 1. The van der Waals surface area contributed by atoms with Gasteiger partial charge in [-0.15, -0.1) is 11.3 Å². The monoisotopic (exact) mass is 572 g/mol. The predicted molar refractivity (Wildman–Crippen MR) is 156 cm³/mol. The Bertz CT molecular complexity index is 1600. The van der Waals surface area contributed by atoms with Crippen LogP contribution >= 0.6 is 11.3 Å². The Balaban J connectivity index is 1.17. The van der Waals surface area contributed by atoms with Crippen molar-refractivity contribution in [2.45, 2.75) is 31.8 Å². The van der Waals surface area contributed by atoms with Gasteiger partial charge in [-0.05, 0) is 60.6 Å². The average molecular weight is 573 g/mol. The van der Waals surface area contributed by atoms with Crippen molar-refractivity contribution >= 4 is 40.1 Å². The molecule has 1 saturated carbocycles. The zero-order chi connectivity index (χ0) is 28.0. The van der Waals surface area contributed by atoms with Crippen molar-refractivity contribution in [2.24, 2.45) is 5.41 Å². The third kappa shape index (κ3) is 4.98. The molecule has 1 spiro atoms. The van der Waals surface area contributed by atoms with Crippen molar-refractivity contribution < 1.29 is 18.7 Å². The van der Waals surface area contributed by atoms with E-state index < -0.39 is 0 Å². The summed E-state index contributed by atoms with van der Waals surface area (Å²) in [5.41, 5.74) is 3.20. The number of aromatic nitrogens is 3. The Hall–Kier alpha value is -3.80. The number of carbonyl (C=O) groups excluding carboxylic acids is 2. The number of likely N-dealkylation sites (tertiary alicyclic amines) is 1. The number of imidazole rings is 1. The summed E-state index contributed by atoms with van der Waals surface area (Å²) in [5.74, 6) is 0.984. The van der Waals surface area contributed by atoms with Crippen molar-refractivity contribution in [1.29, 1.82) is 0 Å². The van der Waals surface area contributed by atoms with Gasteiger partial charge in [-0.25, -0.2) is 9.97 Å². The molecule has 1 aliphatic carbocycles. The van der Waals surface area contributed by atoms with Crippen LogP contribution in [0.2, 0.25) is 0 Å². The van der Waals surface area contributed by atoms with Crippen molar-refractivity contribution in [3.8, 4) is 10.6 Å². The van der Waals surface area contributed by atoms with Gasteiger partial charge in [-0.1, -0.05) is 12.6 Å². The van der Waals surface area contributed by atoms with Gasteiger partial charge < -0.3 is 18.6 Å². The van der Waals surface area contributed by atoms with Crippen LogP contribution in [0, 0.1) is 5.41 Å². The highest BCUT2D eigenvalue weighted by Crippen LogP contribution is 2.55. The highest BCUT2D eigenvalue weighted by molar-refractivity contribution is 7.17. The summed E-state index contributed by atoms with van der Waals surface area (Å²) >= 11 is 1.36. The first-order valence-electron chi connectivity index (χ1n) is 14.0. The molecule has 0 unspecified atom stereocenters. The van der Waals surface area contributed by atoms with Crippen molar-refractivity contribution in [3.05, 3.63) is 66.0 Å². The third-order valence-electron chi connectivity index (χ3n) is 8.62. The predicted octanol–water partition coefficient (Wildman–Crippen LogP) is 4.58. The lowest BCUT2D eigenvalue weighted by Crippen LogP contribution is -2.42. The molecule has 3 aromatic heterocycles. The van der Waals surface area contributed by atoms with Crippen molar-refractivity contribution in [3.63, 3.8) is 0 Å².